The Kier molecular flexibility index (Phi) is 6.30. The Labute approximate surface area is 88.2 Å². The Morgan fingerprint density at radius 3 is 2.86 bits per heavy atom. The molecule has 0 unspecified atom stereocenters. The summed E-state index contributed by atoms with van der Waals surface area (Å²) in [4.78, 5) is 10.9. The summed E-state index contributed by atoms with van der Waals surface area (Å²) in [5.74, 6) is -0.496. The molecule has 0 bridgehead atoms. The fourth-order valence-corrected chi connectivity index (χ4v) is 0.661. The maximum atomic E-state index is 10.9. The molecule has 0 aliphatic rings. The zero-order chi connectivity index (χ0) is 11.0. The minimum atomic E-state index is -0.496. The third kappa shape index (κ3) is 5.26. The Morgan fingerprint density at radius 1 is 1.71 bits per heavy atom. The van der Waals surface area contributed by atoms with Gasteiger partial charge in [0.1, 0.15) is 5.71 Å². The highest BCUT2D eigenvalue weighted by molar-refractivity contribution is 7.80. The molecule has 0 saturated heterocycles. The third-order valence-electron chi connectivity index (χ3n) is 1.21. The van der Waals surface area contributed by atoms with Gasteiger partial charge < -0.3 is 10.1 Å². The fraction of sp³-hybridized carbons (Fsp3) is 0.375. The normalized spacial score (nSPS) is 10.3. The Morgan fingerprint density at radius 2 is 2.36 bits per heavy atom. The van der Waals surface area contributed by atoms with E-state index in [1.165, 1.54) is 14.0 Å². The maximum absolute atomic E-state index is 10.9. The number of rotatable bonds is 4. The third-order valence-corrected chi connectivity index (χ3v) is 1.45. The van der Waals surface area contributed by atoms with Gasteiger partial charge in [0.05, 0.1) is 7.11 Å². The molecule has 0 atom stereocenters. The van der Waals surface area contributed by atoms with Crippen LogP contribution >= 0.6 is 12.2 Å². The van der Waals surface area contributed by atoms with Crippen molar-refractivity contribution in [1.29, 1.82) is 0 Å². The van der Waals surface area contributed by atoms with Crippen LogP contribution < -0.4 is 10.7 Å². The maximum Gasteiger partial charge on any atom is 0.353 e. The van der Waals surface area contributed by atoms with E-state index in [4.69, 9.17) is 12.2 Å². The molecular weight excluding hydrogens is 202 g/mol. The summed E-state index contributed by atoms with van der Waals surface area (Å²) in [6.07, 6.45) is 1.66. The SMILES string of the molecule is C=CCNC(=S)N/N=C(\C)C(=O)OC. The Hall–Kier alpha value is -1.43. The van der Waals surface area contributed by atoms with Crippen molar-refractivity contribution in [1.82, 2.24) is 10.7 Å². The first-order valence-electron chi connectivity index (χ1n) is 3.89. The van der Waals surface area contributed by atoms with E-state index in [-0.39, 0.29) is 5.71 Å². The molecule has 0 rings (SSSR count). The van der Waals surface area contributed by atoms with Gasteiger partial charge in [-0.1, -0.05) is 6.08 Å². The zero-order valence-corrected chi connectivity index (χ0v) is 8.98. The quantitative estimate of drug-likeness (QED) is 0.230. The molecule has 0 aliphatic heterocycles. The summed E-state index contributed by atoms with van der Waals surface area (Å²) >= 11 is 4.83. The van der Waals surface area contributed by atoms with E-state index in [1.807, 2.05) is 0 Å². The van der Waals surface area contributed by atoms with Gasteiger partial charge in [-0.2, -0.15) is 5.10 Å². The van der Waals surface area contributed by atoms with Crippen LogP contribution in [0.4, 0.5) is 0 Å². The smallest absolute Gasteiger partial charge is 0.353 e. The number of thiocarbonyl (C=S) groups is 1. The van der Waals surface area contributed by atoms with Crippen molar-refractivity contribution in [2.45, 2.75) is 6.92 Å². The van der Waals surface area contributed by atoms with Gasteiger partial charge in [-0.25, -0.2) is 4.79 Å². The van der Waals surface area contributed by atoms with Crippen molar-refractivity contribution >= 4 is 29.0 Å². The number of carbonyl (C=O) groups is 1. The molecule has 14 heavy (non-hydrogen) atoms. The number of carbonyl (C=O) groups excluding carboxylic acids is 1. The van der Waals surface area contributed by atoms with Gasteiger partial charge >= 0.3 is 5.97 Å². The number of ether oxygens (including phenoxy) is 1. The molecule has 2 N–H and O–H groups in total. The van der Waals surface area contributed by atoms with E-state index >= 15 is 0 Å². The van der Waals surface area contributed by atoms with Gasteiger partial charge in [-0.3, -0.25) is 5.43 Å². The first-order chi connectivity index (χ1) is 6.61. The standard InChI is InChI=1S/C8H13N3O2S/c1-4-5-9-8(14)11-10-6(2)7(12)13-3/h4H,1,5H2,2-3H3,(H2,9,11,14)/b10-6+. The van der Waals surface area contributed by atoms with Crippen LogP contribution in [0.15, 0.2) is 17.8 Å². The molecule has 5 nitrogen and oxygen atoms in total. The second-order valence-electron chi connectivity index (χ2n) is 2.30. The number of hydrazone groups is 1. The van der Waals surface area contributed by atoms with Crippen LogP contribution in [0.25, 0.3) is 0 Å². The van der Waals surface area contributed by atoms with Gasteiger partial charge in [-0.15, -0.1) is 6.58 Å². The molecule has 0 heterocycles. The number of nitrogens with one attached hydrogen (secondary N) is 2. The lowest BCUT2D eigenvalue weighted by atomic mass is 10.4. The summed E-state index contributed by atoms with van der Waals surface area (Å²) in [5, 5.41) is 6.82. The number of nitrogens with zero attached hydrogens (tertiary/aromatic N) is 1. The van der Waals surface area contributed by atoms with Crippen LogP contribution in [-0.4, -0.2) is 30.4 Å². The lowest BCUT2D eigenvalue weighted by molar-refractivity contribution is -0.132. The largest absolute Gasteiger partial charge is 0.464 e. The number of hydrogen-bond acceptors (Lipinski definition) is 4. The van der Waals surface area contributed by atoms with Crippen molar-refractivity contribution < 1.29 is 9.53 Å². The predicted octanol–water partition coefficient (Wildman–Crippen LogP) is 0.185. The van der Waals surface area contributed by atoms with Crippen LogP contribution in [0.3, 0.4) is 0 Å². The monoisotopic (exact) mass is 215 g/mol. The number of esters is 1. The van der Waals surface area contributed by atoms with Gasteiger partial charge in [0.2, 0.25) is 0 Å². The van der Waals surface area contributed by atoms with Crippen molar-refractivity contribution in [3.05, 3.63) is 12.7 Å². The fourth-order valence-electron chi connectivity index (χ4n) is 0.532. The van der Waals surface area contributed by atoms with Crippen molar-refractivity contribution in [2.75, 3.05) is 13.7 Å². The molecule has 0 aliphatic carbocycles. The van der Waals surface area contributed by atoms with E-state index in [2.05, 4.69) is 27.2 Å². The van der Waals surface area contributed by atoms with Crippen LogP contribution in [0.1, 0.15) is 6.92 Å². The summed E-state index contributed by atoms with van der Waals surface area (Å²) in [5.41, 5.74) is 2.70. The van der Waals surface area contributed by atoms with E-state index in [9.17, 15) is 4.79 Å². The molecule has 0 aromatic rings. The van der Waals surface area contributed by atoms with E-state index in [0.29, 0.717) is 11.7 Å². The molecule has 0 fully saturated rings. The molecule has 0 spiro atoms. The second-order valence-corrected chi connectivity index (χ2v) is 2.71. The zero-order valence-electron chi connectivity index (χ0n) is 8.16. The topological polar surface area (TPSA) is 62.7 Å². The van der Waals surface area contributed by atoms with E-state index in [1.54, 1.807) is 6.08 Å². The Bertz CT molecular complexity index is 263. The first-order valence-corrected chi connectivity index (χ1v) is 4.30. The van der Waals surface area contributed by atoms with Crippen LogP contribution in [0.2, 0.25) is 0 Å². The highest BCUT2D eigenvalue weighted by atomic mass is 32.1. The summed E-state index contributed by atoms with van der Waals surface area (Å²) in [6, 6.07) is 0. The van der Waals surface area contributed by atoms with E-state index in [0.717, 1.165) is 0 Å². The average molecular weight is 215 g/mol. The van der Waals surface area contributed by atoms with Crippen molar-refractivity contribution in [3.63, 3.8) is 0 Å². The predicted molar refractivity (Wildman–Crippen MR) is 59.1 cm³/mol. The average Bonchev–Trinajstić information content (AvgIpc) is 2.21. The summed E-state index contributed by atoms with van der Waals surface area (Å²) in [6.45, 7) is 5.57. The van der Waals surface area contributed by atoms with Crippen LogP contribution in [-0.2, 0) is 9.53 Å². The molecule has 78 valence electrons. The second kappa shape index (κ2) is 7.02. The number of hydrogen-bond donors (Lipinski definition) is 2. The van der Waals surface area contributed by atoms with Gasteiger partial charge in [0.15, 0.2) is 5.11 Å². The van der Waals surface area contributed by atoms with Crippen molar-refractivity contribution in [2.24, 2.45) is 5.10 Å². The van der Waals surface area contributed by atoms with Gasteiger partial charge in [0, 0.05) is 6.54 Å². The summed E-state index contributed by atoms with van der Waals surface area (Å²) in [7, 11) is 1.29. The molecule has 0 aromatic carbocycles. The first kappa shape index (κ1) is 12.6. The summed E-state index contributed by atoms with van der Waals surface area (Å²) < 4.78 is 4.44. The Balaban J connectivity index is 3.95. The highest BCUT2D eigenvalue weighted by Crippen LogP contribution is 1.80. The van der Waals surface area contributed by atoms with Gasteiger partial charge in [0.25, 0.3) is 0 Å². The lowest BCUT2D eigenvalue weighted by Crippen LogP contribution is -2.33. The molecule has 0 aromatic heterocycles. The van der Waals surface area contributed by atoms with Crippen LogP contribution in [0.5, 0.6) is 0 Å². The van der Waals surface area contributed by atoms with Crippen molar-refractivity contribution in [3.8, 4) is 0 Å². The molecule has 0 amide bonds. The highest BCUT2D eigenvalue weighted by Gasteiger charge is 2.04. The molecule has 6 heteroatoms. The van der Waals surface area contributed by atoms with Gasteiger partial charge in [-0.05, 0) is 19.1 Å². The minimum Gasteiger partial charge on any atom is -0.464 e. The van der Waals surface area contributed by atoms with E-state index < -0.39 is 5.97 Å². The molecule has 0 saturated carbocycles. The lowest BCUT2D eigenvalue weighted by Gasteiger charge is -2.04. The van der Waals surface area contributed by atoms with Crippen LogP contribution in [0, 0.1) is 0 Å². The molecule has 0 radical (unpaired) electrons. The molecular formula is C8H13N3O2S. The number of methoxy groups -OCH3 is 1. The minimum absolute atomic E-state index is 0.204.